The van der Waals surface area contributed by atoms with Crippen molar-refractivity contribution in [1.82, 2.24) is 19.9 Å². The molecule has 1 unspecified atom stereocenters. The molecule has 0 radical (unpaired) electrons. The zero-order valence-electron chi connectivity index (χ0n) is 11.5. The molecule has 4 N–H and O–H groups in total. The largest absolute Gasteiger partial charge is 0.399 e. The number of nitrogens with two attached hydrogens (primary N) is 1. The maximum absolute atomic E-state index is 12.0. The third kappa shape index (κ3) is 5.03. The molecule has 114 valence electrons. The molecule has 1 aromatic heterocycles. The molecule has 0 saturated carbocycles. The Bertz CT molecular complexity index is 673. The predicted molar refractivity (Wildman–Crippen MR) is 83.3 cm³/mol. The minimum absolute atomic E-state index is 0.0188. The van der Waals surface area contributed by atoms with Crippen LogP contribution in [0.25, 0.3) is 0 Å². The number of rotatable bonds is 7. The highest BCUT2D eigenvalue weighted by Crippen LogP contribution is 2.20. The van der Waals surface area contributed by atoms with Crippen molar-refractivity contribution >= 4 is 27.5 Å². The Hall–Kier alpha value is -1.58. The van der Waals surface area contributed by atoms with Gasteiger partial charge in [0.15, 0.2) is 0 Å². The number of nitrogen functional groups attached to an aromatic ring is 1. The van der Waals surface area contributed by atoms with Gasteiger partial charge in [-0.2, -0.15) is 5.10 Å². The summed E-state index contributed by atoms with van der Waals surface area (Å²) >= 11 is 1.45. The molecule has 2 aromatic rings. The number of aromatic nitrogens is 3. The van der Waals surface area contributed by atoms with E-state index in [1.165, 1.54) is 18.1 Å². The minimum Gasteiger partial charge on any atom is -0.399 e. The highest BCUT2D eigenvalue weighted by molar-refractivity contribution is 8.00. The zero-order chi connectivity index (χ0) is 15.3. The molecule has 0 aliphatic carbocycles. The Morgan fingerprint density at radius 1 is 1.48 bits per heavy atom. The average molecular weight is 327 g/mol. The van der Waals surface area contributed by atoms with Crippen LogP contribution in [0.4, 0.5) is 5.69 Å². The number of H-pyrrole nitrogens is 1. The Balaban J connectivity index is 1.84. The van der Waals surface area contributed by atoms with E-state index >= 15 is 0 Å². The first-order valence-corrected chi connectivity index (χ1v) is 8.94. The lowest BCUT2D eigenvalue weighted by Crippen LogP contribution is -2.30. The zero-order valence-corrected chi connectivity index (χ0v) is 13.1. The van der Waals surface area contributed by atoms with E-state index in [0.29, 0.717) is 17.3 Å². The van der Waals surface area contributed by atoms with Gasteiger partial charge in [0.25, 0.3) is 0 Å². The van der Waals surface area contributed by atoms with Gasteiger partial charge in [0.1, 0.15) is 12.2 Å². The van der Waals surface area contributed by atoms with Gasteiger partial charge in [0.05, 0.1) is 11.8 Å². The molecule has 9 heteroatoms. The molecule has 0 amide bonds. The van der Waals surface area contributed by atoms with Crippen molar-refractivity contribution < 1.29 is 8.42 Å². The summed E-state index contributed by atoms with van der Waals surface area (Å²) in [7, 11) is -3.38. The number of nitrogens with one attached hydrogen (secondary N) is 2. The first-order valence-electron chi connectivity index (χ1n) is 6.30. The lowest BCUT2D eigenvalue weighted by atomic mass is 10.3. The van der Waals surface area contributed by atoms with Crippen LogP contribution in [0, 0.1) is 0 Å². The molecule has 0 fully saturated rings. The minimum atomic E-state index is -3.38. The van der Waals surface area contributed by atoms with Crippen LogP contribution in [0.3, 0.4) is 0 Å². The van der Waals surface area contributed by atoms with E-state index in [4.69, 9.17) is 5.73 Å². The molecule has 0 aliphatic rings. The van der Waals surface area contributed by atoms with E-state index in [9.17, 15) is 8.42 Å². The summed E-state index contributed by atoms with van der Waals surface area (Å²) in [6, 6.07) is 6.92. The highest BCUT2D eigenvalue weighted by Gasteiger charge is 2.17. The summed E-state index contributed by atoms with van der Waals surface area (Å²) < 4.78 is 26.5. The highest BCUT2D eigenvalue weighted by atomic mass is 32.2. The van der Waals surface area contributed by atoms with Crippen molar-refractivity contribution in [2.75, 3.05) is 17.2 Å². The number of benzene rings is 1. The summed E-state index contributed by atoms with van der Waals surface area (Å²) in [5.74, 6) is 0.953. The van der Waals surface area contributed by atoms with E-state index in [1.54, 1.807) is 13.0 Å². The van der Waals surface area contributed by atoms with Crippen LogP contribution < -0.4 is 10.5 Å². The summed E-state index contributed by atoms with van der Waals surface area (Å²) in [4.78, 5) is 4.88. The average Bonchev–Trinajstić information content (AvgIpc) is 2.92. The van der Waals surface area contributed by atoms with Crippen LogP contribution in [0.5, 0.6) is 0 Å². The number of aromatic amines is 1. The topological polar surface area (TPSA) is 114 Å². The third-order valence-corrected chi connectivity index (χ3v) is 5.39. The number of nitrogens with zero attached hydrogens (tertiary/aromatic N) is 2. The van der Waals surface area contributed by atoms with E-state index in [0.717, 1.165) is 4.90 Å². The van der Waals surface area contributed by atoms with E-state index in [1.807, 2.05) is 18.2 Å². The Kier molecular flexibility index (Phi) is 5.21. The van der Waals surface area contributed by atoms with Crippen molar-refractivity contribution in [3.8, 4) is 0 Å². The number of sulfonamides is 1. The predicted octanol–water partition coefficient (Wildman–Crippen LogP) is 1.16. The Morgan fingerprint density at radius 2 is 2.29 bits per heavy atom. The first kappa shape index (κ1) is 15.8. The summed E-state index contributed by atoms with van der Waals surface area (Å²) in [5.41, 5.74) is 6.34. The second kappa shape index (κ2) is 6.92. The molecule has 21 heavy (non-hydrogen) atoms. The van der Waals surface area contributed by atoms with E-state index in [-0.39, 0.29) is 5.75 Å². The fourth-order valence-electron chi connectivity index (χ4n) is 1.68. The van der Waals surface area contributed by atoms with Gasteiger partial charge < -0.3 is 5.73 Å². The smallest absolute Gasteiger partial charge is 0.213 e. The quantitative estimate of drug-likeness (QED) is 0.519. The van der Waals surface area contributed by atoms with Gasteiger partial charge in [-0.25, -0.2) is 18.1 Å². The van der Waals surface area contributed by atoms with E-state index in [2.05, 4.69) is 19.9 Å². The lowest BCUT2D eigenvalue weighted by molar-refractivity contribution is 0.562. The Labute approximate surface area is 127 Å². The summed E-state index contributed by atoms with van der Waals surface area (Å²) in [5, 5.41) is 6.34. The standard InChI is InChI=1S/C12H17N5O2S2/c1-9(12-14-8-15-16-12)17-21(18,19)6-5-20-11-4-2-3-10(13)7-11/h2-4,7-9,17H,5-6,13H2,1H3,(H,14,15,16). The van der Waals surface area contributed by atoms with Gasteiger partial charge >= 0.3 is 0 Å². The van der Waals surface area contributed by atoms with Gasteiger partial charge in [-0.15, -0.1) is 11.8 Å². The van der Waals surface area contributed by atoms with Crippen LogP contribution in [0.2, 0.25) is 0 Å². The van der Waals surface area contributed by atoms with E-state index < -0.39 is 16.1 Å². The van der Waals surface area contributed by atoms with Crippen LogP contribution >= 0.6 is 11.8 Å². The second-order valence-electron chi connectivity index (χ2n) is 4.45. The van der Waals surface area contributed by atoms with Crippen LogP contribution in [-0.4, -0.2) is 35.1 Å². The Morgan fingerprint density at radius 3 is 2.95 bits per heavy atom. The normalized spacial score (nSPS) is 13.2. The van der Waals surface area contributed by atoms with Crippen molar-refractivity contribution in [2.45, 2.75) is 17.9 Å². The van der Waals surface area contributed by atoms with Crippen molar-refractivity contribution in [2.24, 2.45) is 0 Å². The molecule has 1 heterocycles. The van der Waals surface area contributed by atoms with Crippen LogP contribution in [0.15, 0.2) is 35.5 Å². The third-order valence-electron chi connectivity index (χ3n) is 2.68. The van der Waals surface area contributed by atoms with Crippen LogP contribution in [-0.2, 0) is 10.0 Å². The van der Waals surface area contributed by atoms with Gasteiger partial charge in [0, 0.05) is 16.3 Å². The molecule has 1 atom stereocenters. The van der Waals surface area contributed by atoms with Crippen LogP contribution in [0.1, 0.15) is 18.8 Å². The van der Waals surface area contributed by atoms with Gasteiger partial charge in [-0.05, 0) is 25.1 Å². The monoisotopic (exact) mass is 327 g/mol. The van der Waals surface area contributed by atoms with Gasteiger partial charge in [0.2, 0.25) is 10.0 Å². The fraction of sp³-hybridized carbons (Fsp3) is 0.333. The molecule has 1 aromatic carbocycles. The fourth-order valence-corrected chi connectivity index (χ4v) is 4.29. The maximum atomic E-state index is 12.0. The molecule has 0 aliphatic heterocycles. The van der Waals surface area contributed by atoms with Gasteiger partial charge in [-0.1, -0.05) is 6.07 Å². The molecular formula is C12H17N5O2S2. The van der Waals surface area contributed by atoms with Crippen molar-refractivity contribution in [3.05, 3.63) is 36.4 Å². The molecule has 0 saturated heterocycles. The number of thioether (sulfide) groups is 1. The summed E-state index contributed by atoms with van der Waals surface area (Å²) in [6.45, 7) is 1.71. The first-order chi connectivity index (χ1) is 9.96. The second-order valence-corrected chi connectivity index (χ2v) is 7.49. The lowest BCUT2D eigenvalue weighted by Gasteiger charge is -2.11. The molecule has 0 bridgehead atoms. The van der Waals surface area contributed by atoms with Crippen molar-refractivity contribution in [3.63, 3.8) is 0 Å². The van der Waals surface area contributed by atoms with Crippen molar-refractivity contribution in [1.29, 1.82) is 0 Å². The maximum Gasteiger partial charge on any atom is 0.213 e. The molecule has 7 nitrogen and oxygen atoms in total. The number of hydrogen-bond donors (Lipinski definition) is 3. The SMILES string of the molecule is CC(NS(=O)(=O)CCSc1cccc(N)c1)c1ncn[nH]1. The summed E-state index contributed by atoms with van der Waals surface area (Å²) in [6.07, 6.45) is 1.34. The molecular weight excluding hydrogens is 310 g/mol. The molecule has 0 spiro atoms. The van der Waals surface area contributed by atoms with Gasteiger partial charge in [-0.3, -0.25) is 5.10 Å². The number of hydrogen-bond acceptors (Lipinski definition) is 6. The number of anilines is 1. The molecule has 2 rings (SSSR count).